The maximum atomic E-state index is 11.3. The molecular formula is C13H18N2O3. The van der Waals surface area contributed by atoms with Gasteiger partial charge in [0.1, 0.15) is 6.61 Å². The SMILES string of the molecule is COc1ccccc1OCCNC(=O)NC1CC1. The Balaban J connectivity index is 1.66. The largest absolute Gasteiger partial charge is 0.493 e. The molecule has 1 aromatic carbocycles. The number of hydrogen-bond donors (Lipinski definition) is 2. The first-order valence-corrected chi connectivity index (χ1v) is 6.10. The molecule has 0 bridgehead atoms. The van der Waals surface area contributed by atoms with E-state index in [2.05, 4.69) is 10.6 Å². The van der Waals surface area contributed by atoms with Crippen LogP contribution in [-0.2, 0) is 0 Å². The van der Waals surface area contributed by atoms with Gasteiger partial charge >= 0.3 is 6.03 Å². The third kappa shape index (κ3) is 3.84. The second kappa shape index (κ2) is 6.14. The lowest BCUT2D eigenvalue weighted by atomic mass is 10.3. The molecule has 0 saturated heterocycles. The fraction of sp³-hybridized carbons (Fsp3) is 0.462. The van der Waals surface area contributed by atoms with Crippen LogP contribution in [-0.4, -0.2) is 32.3 Å². The van der Waals surface area contributed by atoms with Crippen molar-refractivity contribution in [3.63, 3.8) is 0 Å². The summed E-state index contributed by atoms with van der Waals surface area (Å²) in [7, 11) is 1.60. The van der Waals surface area contributed by atoms with E-state index in [1.807, 2.05) is 24.3 Å². The second-order valence-electron chi connectivity index (χ2n) is 4.17. The van der Waals surface area contributed by atoms with Crippen LogP contribution in [0, 0.1) is 0 Å². The Kier molecular flexibility index (Phi) is 4.28. The van der Waals surface area contributed by atoms with Crippen LogP contribution in [0.15, 0.2) is 24.3 Å². The molecule has 0 atom stereocenters. The fourth-order valence-electron chi connectivity index (χ4n) is 1.53. The van der Waals surface area contributed by atoms with Gasteiger partial charge in [-0.05, 0) is 25.0 Å². The summed E-state index contributed by atoms with van der Waals surface area (Å²) in [6.07, 6.45) is 2.18. The maximum absolute atomic E-state index is 11.3. The van der Waals surface area contributed by atoms with E-state index in [0.717, 1.165) is 12.8 Å². The van der Waals surface area contributed by atoms with Gasteiger partial charge < -0.3 is 20.1 Å². The molecule has 2 rings (SSSR count). The molecule has 0 unspecified atom stereocenters. The van der Waals surface area contributed by atoms with Gasteiger partial charge in [-0.1, -0.05) is 12.1 Å². The predicted molar refractivity (Wildman–Crippen MR) is 68.0 cm³/mol. The minimum atomic E-state index is -0.124. The maximum Gasteiger partial charge on any atom is 0.315 e. The van der Waals surface area contributed by atoms with E-state index in [9.17, 15) is 4.79 Å². The first-order valence-electron chi connectivity index (χ1n) is 6.10. The number of nitrogens with one attached hydrogen (secondary N) is 2. The monoisotopic (exact) mass is 250 g/mol. The molecule has 0 spiro atoms. The van der Waals surface area contributed by atoms with Crippen LogP contribution in [0.5, 0.6) is 11.5 Å². The molecule has 98 valence electrons. The van der Waals surface area contributed by atoms with Crippen molar-refractivity contribution in [1.29, 1.82) is 0 Å². The van der Waals surface area contributed by atoms with Gasteiger partial charge in [0.05, 0.1) is 13.7 Å². The Morgan fingerprint density at radius 2 is 2.06 bits per heavy atom. The van der Waals surface area contributed by atoms with Crippen LogP contribution in [0.25, 0.3) is 0 Å². The molecule has 1 aromatic rings. The van der Waals surface area contributed by atoms with Gasteiger partial charge in [-0.2, -0.15) is 0 Å². The number of hydrogen-bond acceptors (Lipinski definition) is 3. The standard InChI is InChI=1S/C13H18N2O3/c1-17-11-4-2-3-5-12(11)18-9-8-14-13(16)15-10-6-7-10/h2-5,10H,6-9H2,1H3,(H2,14,15,16). The molecule has 0 radical (unpaired) electrons. The van der Waals surface area contributed by atoms with Crippen molar-refractivity contribution in [2.24, 2.45) is 0 Å². The molecule has 0 aliphatic heterocycles. The zero-order chi connectivity index (χ0) is 12.8. The minimum absolute atomic E-state index is 0.124. The van der Waals surface area contributed by atoms with E-state index in [1.54, 1.807) is 7.11 Å². The molecule has 1 aliphatic carbocycles. The molecule has 1 saturated carbocycles. The number of methoxy groups -OCH3 is 1. The Bertz CT molecular complexity index is 405. The van der Waals surface area contributed by atoms with Gasteiger partial charge in [0.15, 0.2) is 11.5 Å². The lowest BCUT2D eigenvalue weighted by molar-refractivity contribution is 0.235. The van der Waals surface area contributed by atoms with Gasteiger partial charge in [-0.25, -0.2) is 4.79 Å². The van der Waals surface area contributed by atoms with E-state index < -0.39 is 0 Å². The van der Waals surface area contributed by atoms with Crippen LogP contribution in [0.1, 0.15) is 12.8 Å². The number of carbonyl (C=O) groups is 1. The molecule has 2 N–H and O–H groups in total. The summed E-state index contributed by atoms with van der Waals surface area (Å²) in [5.41, 5.74) is 0. The van der Waals surface area contributed by atoms with E-state index in [4.69, 9.17) is 9.47 Å². The van der Waals surface area contributed by atoms with Crippen LogP contribution in [0.4, 0.5) is 4.79 Å². The Hall–Kier alpha value is -1.91. The topological polar surface area (TPSA) is 59.6 Å². The number of rotatable bonds is 6. The van der Waals surface area contributed by atoms with Crippen LogP contribution < -0.4 is 20.1 Å². The molecule has 1 aliphatic rings. The number of benzene rings is 1. The number of carbonyl (C=O) groups excluding carboxylic acids is 1. The van der Waals surface area contributed by atoms with E-state index >= 15 is 0 Å². The molecule has 1 fully saturated rings. The Morgan fingerprint density at radius 1 is 1.33 bits per heavy atom. The van der Waals surface area contributed by atoms with E-state index in [-0.39, 0.29) is 6.03 Å². The highest BCUT2D eigenvalue weighted by Gasteiger charge is 2.22. The van der Waals surface area contributed by atoms with Gasteiger partial charge in [0.25, 0.3) is 0 Å². The minimum Gasteiger partial charge on any atom is -0.493 e. The van der Waals surface area contributed by atoms with Crippen LogP contribution in [0.3, 0.4) is 0 Å². The Labute approximate surface area is 106 Å². The van der Waals surface area contributed by atoms with Crippen molar-refractivity contribution in [1.82, 2.24) is 10.6 Å². The third-order valence-electron chi connectivity index (χ3n) is 2.63. The first kappa shape index (κ1) is 12.5. The summed E-state index contributed by atoms with van der Waals surface area (Å²) in [6.45, 7) is 0.884. The highest BCUT2D eigenvalue weighted by atomic mass is 16.5. The predicted octanol–water partition coefficient (Wildman–Crippen LogP) is 1.54. The normalized spacial score (nSPS) is 13.8. The summed E-state index contributed by atoms with van der Waals surface area (Å²) in [6, 6.07) is 7.69. The highest BCUT2D eigenvalue weighted by molar-refractivity contribution is 5.74. The zero-order valence-electron chi connectivity index (χ0n) is 10.4. The van der Waals surface area contributed by atoms with Crippen molar-refractivity contribution < 1.29 is 14.3 Å². The van der Waals surface area contributed by atoms with E-state index in [1.165, 1.54) is 0 Å². The fourth-order valence-corrected chi connectivity index (χ4v) is 1.53. The summed E-state index contributed by atoms with van der Waals surface area (Å²) >= 11 is 0. The number of urea groups is 1. The average Bonchev–Trinajstić information content (AvgIpc) is 3.19. The van der Waals surface area contributed by atoms with Gasteiger partial charge in [0, 0.05) is 6.04 Å². The van der Waals surface area contributed by atoms with Crippen LogP contribution in [0.2, 0.25) is 0 Å². The van der Waals surface area contributed by atoms with Crippen LogP contribution >= 0.6 is 0 Å². The lowest BCUT2D eigenvalue weighted by Gasteiger charge is -2.11. The first-order chi connectivity index (χ1) is 8.79. The van der Waals surface area contributed by atoms with Gasteiger partial charge in [-0.3, -0.25) is 0 Å². The molecule has 5 heteroatoms. The summed E-state index contributed by atoms with van der Waals surface area (Å²) in [4.78, 5) is 11.3. The van der Waals surface area contributed by atoms with Crippen molar-refractivity contribution in [3.8, 4) is 11.5 Å². The smallest absolute Gasteiger partial charge is 0.315 e. The summed E-state index contributed by atoms with van der Waals surface area (Å²) in [5, 5.41) is 5.59. The highest BCUT2D eigenvalue weighted by Crippen LogP contribution is 2.25. The summed E-state index contributed by atoms with van der Waals surface area (Å²) in [5.74, 6) is 1.38. The van der Waals surface area contributed by atoms with Crippen molar-refractivity contribution in [2.75, 3.05) is 20.3 Å². The molecule has 0 heterocycles. The number of para-hydroxylation sites is 2. The van der Waals surface area contributed by atoms with Crippen molar-refractivity contribution in [3.05, 3.63) is 24.3 Å². The molecule has 5 nitrogen and oxygen atoms in total. The van der Waals surface area contributed by atoms with Crippen molar-refractivity contribution in [2.45, 2.75) is 18.9 Å². The van der Waals surface area contributed by atoms with E-state index in [0.29, 0.717) is 30.7 Å². The quantitative estimate of drug-likeness (QED) is 0.753. The molecule has 0 aromatic heterocycles. The average molecular weight is 250 g/mol. The summed E-state index contributed by atoms with van der Waals surface area (Å²) < 4.78 is 10.7. The zero-order valence-corrected chi connectivity index (χ0v) is 10.4. The van der Waals surface area contributed by atoms with Gasteiger partial charge in [-0.15, -0.1) is 0 Å². The third-order valence-corrected chi connectivity index (χ3v) is 2.63. The molecule has 2 amide bonds. The lowest BCUT2D eigenvalue weighted by Crippen LogP contribution is -2.38. The molecule has 18 heavy (non-hydrogen) atoms. The Morgan fingerprint density at radius 3 is 2.72 bits per heavy atom. The van der Waals surface area contributed by atoms with Gasteiger partial charge in [0.2, 0.25) is 0 Å². The second-order valence-corrected chi connectivity index (χ2v) is 4.17. The number of amides is 2. The van der Waals surface area contributed by atoms with Crippen molar-refractivity contribution >= 4 is 6.03 Å². The molecular weight excluding hydrogens is 232 g/mol. The number of ether oxygens (including phenoxy) is 2.